The molecule has 1 unspecified atom stereocenters. The van der Waals surface area contributed by atoms with Crippen molar-refractivity contribution in [3.05, 3.63) is 64.4 Å². The molecule has 0 saturated carbocycles. The number of likely N-dealkylation sites (N-methyl/N-ethyl adjacent to an activating group) is 1. The third-order valence-corrected chi connectivity index (χ3v) is 3.59. The monoisotopic (exact) mass is 307 g/mol. The lowest BCUT2D eigenvalue weighted by Crippen LogP contribution is -2.23. The fraction of sp³-hybridized carbons (Fsp3) is 0.294. The summed E-state index contributed by atoms with van der Waals surface area (Å²) in [7, 11) is 1.47. The van der Waals surface area contributed by atoms with Crippen LogP contribution >= 0.6 is 11.6 Å². The summed E-state index contributed by atoms with van der Waals surface area (Å²) >= 11 is 6.03. The Morgan fingerprint density at radius 3 is 2.71 bits per heavy atom. The molecule has 0 radical (unpaired) electrons. The van der Waals surface area contributed by atoms with Crippen molar-refractivity contribution in [1.29, 1.82) is 0 Å². The minimum Gasteiger partial charge on any atom is -0.494 e. The summed E-state index contributed by atoms with van der Waals surface area (Å²) in [5.41, 5.74) is 2.13. The van der Waals surface area contributed by atoms with Crippen LogP contribution in [0.1, 0.15) is 24.1 Å². The number of benzene rings is 2. The third kappa shape index (κ3) is 4.19. The van der Waals surface area contributed by atoms with Gasteiger partial charge in [-0.2, -0.15) is 0 Å². The van der Waals surface area contributed by atoms with Crippen molar-refractivity contribution >= 4 is 11.6 Å². The molecule has 0 aliphatic carbocycles. The average Bonchev–Trinajstić information content (AvgIpc) is 2.47. The van der Waals surface area contributed by atoms with Crippen LogP contribution in [0.4, 0.5) is 4.39 Å². The maximum atomic E-state index is 13.5. The van der Waals surface area contributed by atoms with Gasteiger partial charge in [0.25, 0.3) is 0 Å². The van der Waals surface area contributed by atoms with Gasteiger partial charge < -0.3 is 10.1 Å². The molecule has 0 spiro atoms. The number of methoxy groups -OCH3 is 1. The molecule has 0 aromatic heterocycles. The molecule has 2 rings (SSSR count). The van der Waals surface area contributed by atoms with Gasteiger partial charge in [-0.25, -0.2) is 4.39 Å². The Hall–Kier alpha value is -1.58. The van der Waals surface area contributed by atoms with Crippen LogP contribution in [0, 0.1) is 5.82 Å². The average molecular weight is 308 g/mol. The van der Waals surface area contributed by atoms with Crippen LogP contribution < -0.4 is 10.1 Å². The zero-order valence-corrected chi connectivity index (χ0v) is 13.0. The molecule has 21 heavy (non-hydrogen) atoms. The normalized spacial score (nSPS) is 12.2. The van der Waals surface area contributed by atoms with Gasteiger partial charge >= 0.3 is 0 Å². The Balaban J connectivity index is 2.26. The number of rotatable bonds is 6. The van der Waals surface area contributed by atoms with Gasteiger partial charge in [-0.1, -0.05) is 36.7 Å². The summed E-state index contributed by atoms with van der Waals surface area (Å²) in [6, 6.07) is 12.8. The summed E-state index contributed by atoms with van der Waals surface area (Å²) in [6.45, 7) is 2.87. The summed E-state index contributed by atoms with van der Waals surface area (Å²) in [6.07, 6.45) is 0.781. The standard InChI is InChI=1S/C17H19ClFNO/c1-3-20-16(10-12-5-4-6-14(18)9-12)13-7-8-15(19)17(11-13)21-2/h4-9,11,16,20H,3,10H2,1-2H3. The van der Waals surface area contributed by atoms with E-state index in [1.54, 1.807) is 12.1 Å². The molecule has 1 atom stereocenters. The molecular weight excluding hydrogens is 289 g/mol. The van der Waals surface area contributed by atoms with Crippen LogP contribution in [0.2, 0.25) is 5.02 Å². The van der Waals surface area contributed by atoms with E-state index in [-0.39, 0.29) is 17.6 Å². The molecule has 1 N–H and O–H groups in total. The van der Waals surface area contributed by atoms with E-state index >= 15 is 0 Å². The van der Waals surface area contributed by atoms with Crippen LogP contribution in [0.25, 0.3) is 0 Å². The van der Waals surface area contributed by atoms with Gasteiger partial charge in [0.2, 0.25) is 0 Å². The molecule has 0 aliphatic rings. The van der Waals surface area contributed by atoms with Crippen molar-refractivity contribution < 1.29 is 9.13 Å². The lowest BCUT2D eigenvalue weighted by molar-refractivity contribution is 0.384. The lowest BCUT2D eigenvalue weighted by Gasteiger charge is -2.19. The van der Waals surface area contributed by atoms with Crippen LogP contribution in [0.5, 0.6) is 5.75 Å². The van der Waals surface area contributed by atoms with Crippen molar-refractivity contribution in [3.8, 4) is 5.75 Å². The quantitative estimate of drug-likeness (QED) is 0.855. The predicted molar refractivity (Wildman–Crippen MR) is 84.5 cm³/mol. The van der Waals surface area contributed by atoms with Crippen LogP contribution in [0.15, 0.2) is 42.5 Å². The highest BCUT2D eigenvalue weighted by Gasteiger charge is 2.14. The van der Waals surface area contributed by atoms with E-state index in [1.807, 2.05) is 31.2 Å². The Labute approximate surface area is 129 Å². The van der Waals surface area contributed by atoms with Gasteiger partial charge in [-0.05, 0) is 48.4 Å². The molecule has 0 bridgehead atoms. The van der Waals surface area contributed by atoms with E-state index in [1.165, 1.54) is 13.2 Å². The predicted octanol–water partition coefficient (Wildman–Crippen LogP) is 4.38. The Kier molecular flexibility index (Phi) is 5.59. The van der Waals surface area contributed by atoms with E-state index in [2.05, 4.69) is 5.32 Å². The fourth-order valence-corrected chi connectivity index (χ4v) is 2.56. The molecule has 0 saturated heterocycles. The number of hydrogen-bond acceptors (Lipinski definition) is 2. The molecule has 2 nitrogen and oxygen atoms in total. The molecule has 0 aliphatic heterocycles. The maximum absolute atomic E-state index is 13.5. The Morgan fingerprint density at radius 1 is 1.24 bits per heavy atom. The fourth-order valence-electron chi connectivity index (χ4n) is 2.35. The number of nitrogens with one attached hydrogen (secondary N) is 1. The van der Waals surface area contributed by atoms with Gasteiger partial charge in [0, 0.05) is 11.1 Å². The largest absolute Gasteiger partial charge is 0.494 e. The minimum atomic E-state index is -0.348. The van der Waals surface area contributed by atoms with Gasteiger partial charge in [-0.3, -0.25) is 0 Å². The molecule has 112 valence electrons. The lowest BCUT2D eigenvalue weighted by atomic mass is 9.98. The van der Waals surface area contributed by atoms with Crippen LogP contribution in [-0.2, 0) is 6.42 Å². The van der Waals surface area contributed by atoms with E-state index in [0.29, 0.717) is 0 Å². The van der Waals surface area contributed by atoms with Gasteiger partial charge in [0.15, 0.2) is 11.6 Å². The van der Waals surface area contributed by atoms with Gasteiger partial charge in [0.05, 0.1) is 7.11 Å². The van der Waals surface area contributed by atoms with E-state index < -0.39 is 0 Å². The smallest absolute Gasteiger partial charge is 0.165 e. The summed E-state index contributed by atoms with van der Waals surface area (Å²) in [5, 5.41) is 4.14. The summed E-state index contributed by atoms with van der Waals surface area (Å²) in [5.74, 6) is -0.0826. The van der Waals surface area contributed by atoms with Crippen molar-refractivity contribution in [2.45, 2.75) is 19.4 Å². The SMILES string of the molecule is CCNC(Cc1cccc(Cl)c1)c1ccc(F)c(OC)c1. The van der Waals surface area contributed by atoms with E-state index in [9.17, 15) is 4.39 Å². The first kappa shape index (κ1) is 15.8. The zero-order chi connectivity index (χ0) is 15.2. The number of hydrogen-bond donors (Lipinski definition) is 1. The highest BCUT2D eigenvalue weighted by Crippen LogP contribution is 2.25. The Bertz CT molecular complexity index is 603. The second-order valence-corrected chi connectivity index (χ2v) is 5.27. The second-order valence-electron chi connectivity index (χ2n) is 4.84. The second kappa shape index (κ2) is 7.43. The zero-order valence-electron chi connectivity index (χ0n) is 12.2. The third-order valence-electron chi connectivity index (χ3n) is 3.36. The molecule has 0 fully saturated rings. The highest BCUT2D eigenvalue weighted by molar-refractivity contribution is 6.30. The first-order chi connectivity index (χ1) is 10.1. The number of ether oxygens (including phenoxy) is 1. The van der Waals surface area contributed by atoms with E-state index in [0.717, 1.165) is 29.1 Å². The van der Waals surface area contributed by atoms with E-state index in [4.69, 9.17) is 16.3 Å². The highest BCUT2D eigenvalue weighted by atomic mass is 35.5. The molecule has 0 amide bonds. The van der Waals surface area contributed by atoms with Crippen molar-refractivity contribution in [3.63, 3.8) is 0 Å². The first-order valence-corrected chi connectivity index (χ1v) is 7.33. The molecule has 0 heterocycles. The first-order valence-electron chi connectivity index (χ1n) is 6.95. The van der Waals surface area contributed by atoms with Gasteiger partial charge in [0.1, 0.15) is 0 Å². The van der Waals surface area contributed by atoms with Crippen molar-refractivity contribution in [2.24, 2.45) is 0 Å². The van der Waals surface area contributed by atoms with Crippen LogP contribution in [0.3, 0.4) is 0 Å². The van der Waals surface area contributed by atoms with Crippen LogP contribution in [-0.4, -0.2) is 13.7 Å². The molecular formula is C17H19ClFNO. The van der Waals surface area contributed by atoms with Gasteiger partial charge in [-0.15, -0.1) is 0 Å². The molecule has 4 heteroatoms. The van der Waals surface area contributed by atoms with Crippen molar-refractivity contribution in [2.75, 3.05) is 13.7 Å². The summed E-state index contributed by atoms with van der Waals surface area (Å²) < 4.78 is 18.6. The topological polar surface area (TPSA) is 21.3 Å². The number of halogens is 2. The summed E-state index contributed by atoms with van der Waals surface area (Å²) in [4.78, 5) is 0. The minimum absolute atomic E-state index is 0.0861. The Morgan fingerprint density at radius 2 is 2.05 bits per heavy atom. The molecule has 2 aromatic carbocycles. The van der Waals surface area contributed by atoms with Crippen molar-refractivity contribution in [1.82, 2.24) is 5.32 Å². The molecule has 2 aromatic rings. The maximum Gasteiger partial charge on any atom is 0.165 e.